The molecule has 0 saturated carbocycles. The first kappa shape index (κ1) is 22.7. The number of benzene rings is 2. The number of carbonyl (C=O) groups is 2. The number of carbonyl (C=O) groups excluding carboxylic acids is 2. The Morgan fingerprint density at radius 2 is 1.76 bits per heavy atom. The average Bonchev–Trinajstić information content (AvgIpc) is 3.26. The summed E-state index contributed by atoms with van der Waals surface area (Å²) in [5.74, 6) is 0.741. The highest BCUT2D eigenvalue weighted by Crippen LogP contribution is 2.23. The number of hydrogen-bond acceptors (Lipinski definition) is 7. The molecule has 9 nitrogen and oxygen atoms in total. The van der Waals surface area contributed by atoms with Crippen molar-refractivity contribution in [2.45, 2.75) is 20.1 Å². The molecule has 34 heavy (non-hydrogen) atoms. The summed E-state index contributed by atoms with van der Waals surface area (Å²) in [5.41, 5.74) is 3.27. The third kappa shape index (κ3) is 5.44. The van der Waals surface area contributed by atoms with Crippen LogP contribution in [0.25, 0.3) is 11.3 Å². The molecule has 1 amide bonds. The lowest BCUT2D eigenvalue weighted by Crippen LogP contribution is -2.21. The molecular weight excluding hydrogens is 434 g/mol. The summed E-state index contributed by atoms with van der Waals surface area (Å²) in [6, 6.07) is 19.8. The standard InChI is InChI=1S/C25H23N5O4/c1-17(31)18-8-11-21(12-9-18)34-16-22-25(19-6-4-3-5-7-19)28-29-30(22)15-23(32)27-20-10-13-24(33-2)26-14-20/h3-14H,15-16H2,1-2H3,(H,27,32). The molecule has 4 rings (SSSR count). The Bertz CT molecular complexity index is 1270. The molecule has 0 unspecified atom stereocenters. The molecule has 0 atom stereocenters. The number of pyridine rings is 1. The Balaban J connectivity index is 1.53. The Morgan fingerprint density at radius 3 is 2.41 bits per heavy atom. The number of ketones is 1. The van der Waals surface area contributed by atoms with Crippen molar-refractivity contribution in [2.24, 2.45) is 0 Å². The van der Waals surface area contributed by atoms with Crippen LogP contribution in [0.15, 0.2) is 72.9 Å². The van der Waals surface area contributed by atoms with E-state index >= 15 is 0 Å². The molecule has 0 aliphatic rings. The largest absolute Gasteiger partial charge is 0.487 e. The van der Waals surface area contributed by atoms with Crippen LogP contribution in [0, 0.1) is 0 Å². The fourth-order valence-corrected chi connectivity index (χ4v) is 3.27. The summed E-state index contributed by atoms with van der Waals surface area (Å²) in [6.07, 6.45) is 1.52. The molecule has 0 radical (unpaired) electrons. The van der Waals surface area contributed by atoms with Gasteiger partial charge in [0.15, 0.2) is 5.78 Å². The highest BCUT2D eigenvalue weighted by molar-refractivity contribution is 5.94. The van der Waals surface area contributed by atoms with Crippen LogP contribution in [0.1, 0.15) is 23.0 Å². The number of nitrogens with one attached hydrogen (secondary N) is 1. The van der Waals surface area contributed by atoms with Gasteiger partial charge in [0.25, 0.3) is 0 Å². The summed E-state index contributed by atoms with van der Waals surface area (Å²) in [7, 11) is 1.52. The maximum absolute atomic E-state index is 12.7. The first-order chi connectivity index (χ1) is 16.5. The zero-order chi connectivity index (χ0) is 23.9. The number of amides is 1. The highest BCUT2D eigenvalue weighted by Gasteiger charge is 2.18. The van der Waals surface area contributed by atoms with E-state index in [0.717, 1.165) is 5.56 Å². The SMILES string of the molecule is COc1ccc(NC(=O)Cn2nnc(-c3ccccc3)c2COc2ccc(C(C)=O)cc2)cn1. The Labute approximate surface area is 196 Å². The van der Waals surface area contributed by atoms with E-state index in [1.165, 1.54) is 24.9 Å². The molecule has 0 saturated heterocycles. The second-order valence-electron chi connectivity index (χ2n) is 7.42. The van der Waals surface area contributed by atoms with E-state index in [2.05, 4.69) is 20.6 Å². The van der Waals surface area contributed by atoms with E-state index in [9.17, 15) is 9.59 Å². The minimum atomic E-state index is -0.288. The molecule has 9 heteroatoms. The van der Waals surface area contributed by atoms with Crippen LogP contribution < -0.4 is 14.8 Å². The van der Waals surface area contributed by atoms with Gasteiger partial charge in [-0.25, -0.2) is 9.67 Å². The predicted molar refractivity (Wildman–Crippen MR) is 126 cm³/mol. The second-order valence-corrected chi connectivity index (χ2v) is 7.42. The van der Waals surface area contributed by atoms with Crippen LogP contribution in [-0.4, -0.2) is 38.8 Å². The van der Waals surface area contributed by atoms with Crippen LogP contribution in [0.2, 0.25) is 0 Å². The summed E-state index contributed by atoms with van der Waals surface area (Å²) in [4.78, 5) is 28.3. The number of ether oxygens (including phenoxy) is 2. The molecule has 0 bridgehead atoms. The molecule has 0 spiro atoms. The average molecular weight is 457 g/mol. The van der Waals surface area contributed by atoms with E-state index in [0.29, 0.717) is 34.3 Å². The van der Waals surface area contributed by atoms with Crippen molar-refractivity contribution < 1.29 is 19.1 Å². The molecule has 0 fully saturated rings. The summed E-state index contributed by atoms with van der Waals surface area (Å²) in [5, 5.41) is 11.3. The van der Waals surface area contributed by atoms with Gasteiger partial charge >= 0.3 is 0 Å². The Kier molecular flexibility index (Phi) is 6.92. The number of anilines is 1. The lowest BCUT2D eigenvalue weighted by Gasteiger charge is -2.11. The van der Waals surface area contributed by atoms with Crippen LogP contribution in [-0.2, 0) is 17.9 Å². The van der Waals surface area contributed by atoms with Gasteiger partial charge < -0.3 is 14.8 Å². The number of rotatable bonds is 9. The molecule has 0 aliphatic heterocycles. The van der Waals surface area contributed by atoms with Gasteiger partial charge in [-0.15, -0.1) is 5.10 Å². The van der Waals surface area contributed by atoms with Crippen molar-refractivity contribution in [3.8, 4) is 22.9 Å². The van der Waals surface area contributed by atoms with Gasteiger partial charge in [-0.05, 0) is 37.3 Å². The van der Waals surface area contributed by atoms with Crippen molar-refractivity contribution in [1.29, 1.82) is 0 Å². The van der Waals surface area contributed by atoms with Crippen LogP contribution in [0.3, 0.4) is 0 Å². The van der Waals surface area contributed by atoms with Gasteiger partial charge in [0, 0.05) is 17.2 Å². The first-order valence-electron chi connectivity index (χ1n) is 10.5. The molecule has 4 aromatic rings. The Hall–Kier alpha value is -4.53. The van der Waals surface area contributed by atoms with Gasteiger partial charge in [-0.3, -0.25) is 9.59 Å². The second kappa shape index (κ2) is 10.4. The van der Waals surface area contributed by atoms with Crippen LogP contribution >= 0.6 is 0 Å². The van der Waals surface area contributed by atoms with Gasteiger partial charge in [-0.1, -0.05) is 35.5 Å². The third-order valence-corrected chi connectivity index (χ3v) is 5.04. The number of methoxy groups -OCH3 is 1. The smallest absolute Gasteiger partial charge is 0.246 e. The van der Waals surface area contributed by atoms with Gasteiger partial charge in [0.05, 0.1) is 19.0 Å². The number of hydrogen-bond donors (Lipinski definition) is 1. The van der Waals surface area contributed by atoms with Crippen molar-refractivity contribution in [3.63, 3.8) is 0 Å². The van der Waals surface area contributed by atoms with Crippen molar-refractivity contribution >= 4 is 17.4 Å². The highest BCUT2D eigenvalue weighted by atomic mass is 16.5. The van der Waals surface area contributed by atoms with Crippen molar-refractivity contribution in [2.75, 3.05) is 12.4 Å². The number of aromatic nitrogens is 4. The summed E-state index contributed by atoms with van der Waals surface area (Å²) in [6.45, 7) is 1.58. The maximum Gasteiger partial charge on any atom is 0.246 e. The molecule has 0 aliphatic carbocycles. The fourth-order valence-electron chi connectivity index (χ4n) is 3.27. The minimum absolute atomic E-state index is 0.0155. The van der Waals surface area contributed by atoms with Gasteiger partial charge in [-0.2, -0.15) is 0 Å². The molecule has 172 valence electrons. The molecule has 2 aromatic carbocycles. The fraction of sp³-hybridized carbons (Fsp3) is 0.160. The quantitative estimate of drug-likeness (QED) is 0.381. The normalized spacial score (nSPS) is 10.5. The first-order valence-corrected chi connectivity index (χ1v) is 10.5. The zero-order valence-corrected chi connectivity index (χ0v) is 18.8. The van der Waals surface area contributed by atoms with E-state index in [1.54, 1.807) is 36.4 Å². The summed E-state index contributed by atoms with van der Waals surface area (Å²) < 4.78 is 12.5. The zero-order valence-electron chi connectivity index (χ0n) is 18.8. The van der Waals surface area contributed by atoms with Crippen LogP contribution in [0.4, 0.5) is 5.69 Å². The van der Waals surface area contributed by atoms with E-state index in [1.807, 2.05) is 30.3 Å². The Morgan fingerprint density at radius 1 is 1.00 bits per heavy atom. The van der Waals surface area contributed by atoms with Crippen molar-refractivity contribution in [1.82, 2.24) is 20.0 Å². The number of Topliss-reactive ketones (excluding diaryl/α,β-unsaturated/α-hetero) is 1. The topological polar surface area (TPSA) is 108 Å². The summed E-state index contributed by atoms with van der Waals surface area (Å²) >= 11 is 0. The minimum Gasteiger partial charge on any atom is -0.487 e. The molecule has 1 N–H and O–H groups in total. The van der Waals surface area contributed by atoms with Crippen LogP contribution in [0.5, 0.6) is 11.6 Å². The third-order valence-electron chi connectivity index (χ3n) is 5.04. The molecule has 2 aromatic heterocycles. The van der Waals surface area contributed by atoms with Gasteiger partial charge in [0.1, 0.15) is 30.3 Å². The predicted octanol–water partition coefficient (Wildman–Crippen LogP) is 3.77. The lowest BCUT2D eigenvalue weighted by atomic mass is 10.1. The van der Waals surface area contributed by atoms with Gasteiger partial charge in [0.2, 0.25) is 11.8 Å². The van der Waals surface area contributed by atoms with E-state index in [-0.39, 0.29) is 24.8 Å². The van der Waals surface area contributed by atoms with E-state index in [4.69, 9.17) is 9.47 Å². The van der Waals surface area contributed by atoms with E-state index < -0.39 is 0 Å². The maximum atomic E-state index is 12.7. The molecule has 2 heterocycles. The number of nitrogens with zero attached hydrogens (tertiary/aromatic N) is 4. The lowest BCUT2D eigenvalue weighted by molar-refractivity contribution is -0.117. The monoisotopic (exact) mass is 457 g/mol. The molecular formula is C25H23N5O4. The van der Waals surface area contributed by atoms with Crippen molar-refractivity contribution in [3.05, 3.63) is 84.2 Å².